The number of nitrogens with zero attached hydrogens (tertiary/aromatic N) is 2. The molecular weight excluding hydrogens is 675 g/mol. The van der Waals surface area contributed by atoms with Crippen LogP contribution in [0, 0.1) is 18.6 Å². The molecule has 0 radical (unpaired) electrons. The van der Waals surface area contributed by atoms with Crippen LogP contribution in [0.4, 0.5) is 27.6 Å². The quantitative estimate of drug-likeness (QED) is 0.130. The van der Waals surface area contributed by atoms with Gasteiger partial charge in [-0.25, -0.2) is 17.2 Å². The van der Waals surface area contributed by atoms with Gasteiger partial charge in [-0.1, -0.05) is 37.3 Å². The zero-order valence-electron chi connectivity index (χ0n) is 27.9. The van der Waals surface area contributed by atoms with Crippen LogP contribution in [-0.4, -0.2) is 57.9 Å². The van der Waals surface area contributed by atoms with E-state index in [2.05, 4.69) is 41.8 Å². The number of hydrogen-bond donors (Lipinski definition) is 2. The number of aryl methyl sites for hydroxylation is 2. The number of piperazine rings is 1. The molecule has 0 atom stereocenters. The fourth-order valence-electron chi connectivity index (χ4n) is 5.39. The number of carbonyl (C=O) groups excluding carboxylic acids is 1. The highest BCUT2D eigenvalue weighted by molar-refractivity contribution is 7.89. The molecule has 0 unspecified atom stereocenters. The lowest BCUT2D eigenvalue weighted by atomic mass is 10.1. The van der Waals surface area contributed by atoms with E-state index in [4.69, 9.17) is 0 Å². The first kappa shape index (κ1) is 38.5. The van der Waals surface area contributed by atoms with Crippen molar-refractivity contribution in [2.24, 2.45) is 0 Å². The van der Waals surface area contributed by atoms with Crippen molar-refractivity contribution < 1.29 is 35.2 Å². The summed E-state index contributed by atoms with van der Waals surface area (Å²) in [7, 11) is -3.81. The number of sulfonamides is 1. The third-order valence-corrected chi connectivity index (χ3v) is 10.00. The summed E-state index contributed by atoms with van der Waals surface area (Å²) < 4.78 is 91.2. The molecule has 4 aromatic carbocycles. The first-order valence-corrected chi connectivity index (χ1v) is 17.7. The first-order valence-electron chi connectivity index (χ1n) is 16.3. The topological polar surface area (TPSA) is 81.7 Å². The van der Waals surface area contributed by atoms with E-state index in [1.165, 1.54) is 57.9 Å². The van der Waals surface area contributed by atoms with E-state index in [1.54, 1.807) is 17.9 Å². The van der Waals surface area contributed by atoms with Gasteiger partial charge in [-0.3, -0.25) is 4.79 Å². The fraction of sp³-hybridized carbons (Fsp3) is 0.324. The normalized spacial score (nSPS) is 13.8. The maximum Gasteiger partial charge on any atom is 0.416 e. The summed E-state index contributed by atoms with van der Waals surface area (Å²) in [5.74, 6) is -1.32. The number of hydrogen-bond acceptors (Lipinski definition) is 5. The number of anilines is 1. The zero-order chi connectivity index (χ0) is 36.3. The Hall–Kier alpha value is -4.33. The average Bonchev–Trinajstić information content (AvgIpc) is 3.09. The molecule has 0 spiro atoms. The number of halogens is 5. The average molecular weight is 717 g/mol. The highest BCUT2D eigenvalue weighted by Crippen LogP contribution is 2.32. The van der Waals surface area contributed by atoms with Crippen LogP contribution in [0.3, 0.4) is 0 Å². The van der Waals surface area contributed by atoms with Crippen LogP contribution < -0.4 is 15.5 Å². The second-order valence-corrected chi connectivity index (χ2v) is 13.8. The Morgan fingerprint density at radius 3 is 2.06 bits per heavy atom. The van der Waals surface area contributed by atoms with E-state index in [9.17, 15) is 35.2 Å². The third kappa shape index (κ3) is 11.1. The van der Waals surface area contributed by atoms with E-state index in [-0.39, 0.29) is 37.0 Å². The maximum atomic E-state index is 13.2. The van der Waals surface area contributed by atoms with Crippen molar-refractivity contribution in [1.82, 2.24) is 14.9 Å². The van der Waals surface area contributed by atoms with Crippen molar-refractivity contribution in [1.29, 1.82) is 0 Å². The van der Waals surface area contributed by atoms with Gasteiger partial charge in [-0.15, -0.1) is 0 Å². The number of carbonyl (C=O) groups is 1. The van der Waals surface area contributed by atoms with Crippen LogP contribution in [0.2, 0.25) is 0 Å². The van der Waals surface area contributed by atoms with Gasteiger partial charge in [0.05, 0.1) is 10.5 Å². The Kier molecular flexibility index (Phi) is 13.5. The molecule has 1 saturated heterocycles. The number of benzene rings is 4. The van der Waals surface area contributed by atoms with E-state index < -0.39 is 33.4 Å². The van der Waals surface area contributed by atoms with E-state index in [0.717, 1.165) is 44.1 Å². The Bertz CT molecular complexity index is 1780. The molecule has 0 aromatic heterocycles. The lowest BCUT2D eigenvalue weighted by molar-refractivity contribution is -0.137. The van der Waals surface area contributed by atoms with Crippen molar-refractivity contribution in [3.8, 4) is 0 Å². The molecular formula is C37H41F5N4O3S. The molecule has 7 nitrogen and oxygen atoms in total. The summed E-state index contributed by atoms with van der Waals surface area (Å²) in [6.07, 6.45) is -2.70. The molecule has 1 amide bonds. The molecule has 1 aliphatic heterocycles. The van der Waals surface area contributed by atoms with E-state index in [1.807, 2.05) is 0 Å². The molecule has 4 aromatic rings. The number of rotatable bonds is 11. The summed E-state index contributed by atoms with van der Waals surface area (Å²) in [5.41, 5.74) is 3.16. The summed E-state index contributed by atoms with van der Waals surface area (Å²) in [5, 5.41) is 6.23. The number of nitrogens with one attached hydrogen (secondary N) is 2. The van der Waals surface area contributed by atoms with E-state index in [0.29, 0.717) is 23.4 Å². The van der Waals surface area contributed by atoms with Crippen molar-refractivity contribution in [2.45, 2.75) is 44.3 Å². The molecule has 0 aliphatic carbocycles. The molecule has 1 fully saturated rings. The molecule has 2 N–H and O–H groups in total. The Morgan fingerprint density at radius 1 is 0.800 bits per heavy atom. The minimum atomic E-state index is -4.44. The van der Waals surface area contributed by atoms with Crippen molar-refractivity contribution in [3.63, 3.8) is 0 Å². The molecule has 1 aliphatic rings. The first-order chi connectivity index (χ1) is 23.8. The van der Waals surface area contributed by atoms with Gasteiger partial charge in [-0.2, -0.15) is 17.5 Å². The van der Waals surface area contributed by atoms with Crippen molar-refractivity contribution in [2.75, 3.05) is 44.2 Å². The van der Waals surface area contributed by atoms with Crippen LogP contribution in [-0.2, 0) is 29.2 Å². The smallest absolute Gasteiger partial charge is 0.369 e. The van der Waals surface area contributed by atoms with Crippen LogP contribution >= 0.6 is 0 Å². The lowest BCUT2D eigenvalue weighted by Gasteiger charge is -2.35. The predicted molar refractivity (Wildman–Crippen MR) is 184 cm³/mol. The Morgan fingerprint density at radius 2 is 1.44 bits per heavy atom. The molecule has 5 rings (SSSR count). The highest BCUT2D eigenvalue weighted by Gasteiger charge is 2.32. The minimum Gasteiger partial charge on any atom is -0.369 e. The molecule has 13 heteroatoms. The minimum absolute atomic E-state index is 0.0675. The highest BCUT2D eigenvalue weighted by atomic mass is 32.2. The summed E-state index contributed by atoms with van der Waals surface area (Å²) >= 11 is 0. The fourth-order valence-corrected chi connectivity index (χ4v) is 6.82. The van der Waals surface area contributed by atoms with Gasteiger partial charge in [0, 0.05) is 56.6 Å². The van der Waals surface area contributed by atoms with Gasteiger partial charge < -0.3 is 15.5 Å². The molecule has 268 valence electrons. The van der Waals surface area contributed by atoms with E-state index >= 15 is 0 Å². The Balaban J connectivity index is 0.000000541. The third-order valence-electron chi connectivity index (χ3n) is 8.08. The van der Waals surface area contributed by atoms with Crippen LogP contribution in [0.15, 0.2) is 95.9 Å². The summed E-state index contributed by atoms with van der Waals surface area (Å²) in [6, 6.07) is 22.7. The molecule has 0 bridgehead atoms. The van der Waals surface area contributed by atoms with Gasteiger partial charge >= 0.3 is 6.18 Å². The van der Waals surface area contributed by atoms with Gasteiger partial charge in [0.2, 0.25) is 10.0 Å². The van der Waals surface area contributed by atoms with Crippen LogP contribution in [0.25, 0.3) is 0 Å². The van der Waals surface area contributed by atoms with Gasteiger partial charge in [-0.05, 0) is 97.6 Å². The SMILES string of the molecule is CCc1cccc(CNCCCNC(=O)c2ccc(S(=O)(=O)N3CCN(c4cccc(C(F)(F)F)c4)CC3)cc2)c1.Cc1cc(F)cc(F)c1. The monoisotopic (exact) mass is 716 g/mol. The number of alkyl halides is 3. The molecule has 1 heterocycles. The summed E-state index contributed by atoms with van der Waals surface area (Å²) in [4.78, 5) is 14.3. The largest absolute Gasteiger partial charge is 0.416 e. The van der Waals surface area contributed by atoms with Gasteiger partial charge in [0.25, 0.3) is 5.91 Å². The Labute approximate surface area is 290 Å². The number of amides is 1. The van der Waals surface area contributed by atoms with Crippen molar-refractivity contribution in [3.05, 3.63) is 130 Å². The summed E-state index contributed by atoms with van der Waals surface area (Å²) in [6.45, 7) is 6.56. The molecule has 50 heavy (non-hydrogen) atoms. The standard InChI is InChI=1S/C30H35F3N4O3S.C7H6F2/c1-2-23-6-3-7-24(20-23)22-34-14-5-15-35-29(38)25-10-12-28(13-11-25)41(39,40)37-18-16-36(17-19-37)27-9-4-8-26(21-27)30(31,32)33;1-5-2-6(8)4-7(9)3-5/h3-4,6-13,20-21,34H,2,5,14-19,22H2,1H3,(H,35,38);2-4H,1H3. The second kappa shape index (κ2) is 17.6. The predicted octanol–water partition coefficient (Wildman–Crippen LogP) is 6.96. The maximum absolute atomic E-state index is 13.2. The van der Waals surface area contributed by atoms with Gasteiger partial charge in [0.1, 0.15) is 11.6 Å². The van der Waals surface area contributed by atoms with Gasteiger partial charge in [0.15, 0.2) is 0 Å². The van der Waals surface area contributed by atoms with Crippen molar-refractivity contribution >= 4 is 21.6 Å². The zero-order valence-corrected chi connectivity index (χ0v) is 28.8. The second-order valence-electron chi connectivity index (χ2n) is 11.9. The van der Waals surface area contributed by atoms with Crippen LogP contribution in [0.5, 0.6) is 0 Å². The van der Waals surface area contributed by atoms with Crippen LogP contribution in [0.1, 0.15) is 46.0 Å². The molecule has 0 saturated carbocycles. The lowest BCUT2D eigenvalue weighted by Crippen LogP contribution is -2.48.